The van der Waals surface area contributed by atoms with Gasteiger partial charge in [0.25, 0.3) is 0 Å². The zero-order valence-corrected chi connectivity index (χ0v) is 14.9. The average molecular weight is 368 g/mol. The molecule has 0 bridgehead atoms. The number of likely N-dealkylation sites (tertiary alicyclic amines) is 1. The monoisotopic (exact) mass is 368 g/mol. The molecule has 1 aromatic rings. The lowest BCUT2D eigenvalue weighted by Crippen LogP contribution is -2.47. The molecule has 0 aliphatic carbocycles. The third-order valence-electron chi connectivity index (χ3n) is 4.29. The number of carboxylic acid groups (broad SMARTS) is 1. The van der Waals surface area contributed by atoms with Crippen molar-refractivity contribution < 1.29 is 23.1 Å². The van der Waals surface area contributed by atoms with Crippen LogP contribution in [0.15, 0.2) is 30.3 Å². The number of hydrogen-bond donors (Lipinski definition) is 2. The van der Waals surface area contributed by atoms with Gasteiger partial charge in [0.2, 0.25) is 0 Å². The number of nitrogens with zero attached hydrogens (tertiary/aromatic N) is 1. The second kappa shape index (κ2) is 8.84. The van der Waals surface area contributed by atoms with Crippen molar-refractivity contribution in [2.75, 3.05) is 31.1 Å². The minimum absolute atomic E-state index is 0.0319. The summed E-state index contributed by atoms with van der Waals surface area (Å²) in [5.74, 6) is -1.53. The molecule has 0 spiro atoms. The van der Waals surface area contributed by atoms with E-state index in [-0.39, 0.29) is 24.6 Å². The molecule has 1 heterocycles. The number of nitrogens with one attached hydrogen (secondary N) is 1. The Bertz CT molecular complexity index is 690. The number of sulfone groups is 1. The molecule has 0 radical (unpaired) electrons. The number of amides is 2. The average Bonchev–Trinajstić information content (AvgIpc) is 2.61. The molecule has 0 aromatic heterocycles. The van der Waals surface area contributed by atoms with Gasteiger partial charge in [0.1, 0.15) is 0 Å². The van der Waals surface area contributed by atoms with Gasteiger partial charge in [0.05, 0.1) is 17.4 Å². The number of piperidine rings is 1. The minimum atomic E-state index is -3.26. The Kier molecular flexibility index (Phi) is 6.81. The van der Waals surface area contributed by atoms with Crippen LogP contribution in [-0.4, -0.2) is 61.6 Å². The van der Waals surface area contributed by atoms with Crippen molar-refractivity contribution in [2.24, 2.45) is 5.92 Å². The molecule has 1 aliphatic heterocycles. The van der Waals surface area contributed by atoms with Crippen molar-refractivity contribution in [2.45, 2.75) is 19.3 Å². The summed E-state index contributed by atoms with van der Waals surface area (Å²) in [6.07, 6.45) is 1.65. The summed E-state index contributed by atoms with van der Waals surface area (Å²) >= 11 is 0. The van der Waals surface area contributed by atoms with E-state index in [0.717, 1.165) is 5.56 Å². The van der Waals surface area contributed by atoms with Crippen LogP contribution in [0.4, 0.5) is 4.79 Å². The third kappa shape index (κ3) is 6.38. The van der Waals surface area contributed by atoms with E-state index in [9.17, 15) is 18.0 Å². The van der Waals surface area contributed by atoms with Crippen molar-refractivity contribution >= 4 is 21.8 Å². The van der Waals surface area contributed by atoms with Gasteiger partial charge in [0, 0.05) is 19.6 Å². The molecule has 1 fully saturated rings. The molecule has 1 aliphatic rings. The maximum atomic E-state index is 12.1. The first kappa shape index (κ1) is 19.2. The maximum absolute atomic E-state index is 12.1. The highest BCUT2D eigenvalue weighted by Crippen LogP contribution is 2.16. The molecule has 2 N–H and O–H groups in total. The quantitative estimate of drug-likeness (QED) is 0.751. The van der Waals surface area contributed by atoms with E-state index in [1.165, 1.54) is 4.90 Å². The molecule has 0 saturated carbocycles. The van der Waals surface area contributed by atoms with Crippen LogP contribution in [0.25, 0.3) is 0 Å². The van der Waals surface area contributed by atoms with Crippen LogP contribution in [-0.2, 0) is 21.1 Å². The van der Waals surface area contributed by atoms with E-state index in [0.29, 0.717) is 25.8 Å². The SMILES string of the molecule is O=C(O)C1CCCN(C(=O)NCCS(=O)(=O)CCc2ccccc2)C1. The highest BCUT2D eigenvalue weighted by molar-refractivity contribution is 7.91. The largest absolute Gasteiger partial charge is 0.481 e. The van der Waals surface area contributed by atoms with Gasteiger partial charge in [0.15, 0.2) is 9.84 Å². The molecule has 1 saturated heterocycles. The van der Waals surface area contributed by atoms with Gasteiger partial charge in [-0.25, -0.2) is 13.2 Å². The molecular formula is C17H24N2O5S. The van der Waals surface area contributed by atoms with Gasteiger partial charge in [-0.1, -0.05) is 30.3 Å². The standard InChI is InChI=1S/C17H24N2O5S/c20-16(21)15-7-4-10-19(13-15)17(22)18-9-12-25(23,24)11-8-14-5-2-1-3-6-14/h1-3,5-6,15H,4,7-13H2,(H,18,22)(H,20,21). The Morgan fingerprint density at radius 1 is 1.20 bits per heavy atom. The Balaban J connectivity index is 1.73. The number of hydrogen-bond acceptors (Lipinski definition) is 4. The van der Waals surface area contributed by atoms with Crippen LogP contribution in [0.1, 0.15) is 18.4 Å². The van der Waals surface area contributed by atoms with Gasteiger partial charge < -0.3 is 15.3 Å². The molecule has 8 heteroatoms. The normalized spacial score (nSPS) is 17.9. The molecule has 25 heavy (non-hydrogen) atoms. The predicted octanol–water partition coefficient (Wildman–Crippen LogP) is 1.15. The molecule has 1 atom stereocenters. The fraction of sp³-hybridized carbons (Fsp3) is 0.529. The van der Waals surface area contributed by atoms with E-state index in [1.807, 2.05) is 30.3 Å². The van der Waals surface area contributed by atoms with Crippen LogP contribution in [0.5, 0.6) is 0 Å². The summed E-state index contributed by atoms with van der Waals surface area (Å²) in [5, 5.41) is 11.6. The maximum Gasteiger partial charge on any atom is 0.317 e. The van der Waals surface area contributed by atoms with Crippen molar-refractivity contribution in [3.05, 3.63) is 35.9 Å². The van der Waals surface area contributed by atoms with E-state index < -0.39 is 27.8 Å². The first-order chi connectivity index (χ1) is 11.9. The highest BCUT2D eigenvalue weighted by Gasteiger charge is 2.28. The highest BCUT2D eigenvalue weighted by atomic mass is 32.2. The van der Waals surface area contributed by atoms with Crippen molar-refractivity contribution in [3.63, 3.8) is 0 Å². The van der Waals surface area contributed by atoms with Crippen LogP contribution in [0, 0.1) is 5.92 Å². The Labute approximate surface area is 147 Å². The lowest BCUT2D eigenvalue weighted by molar-refractivity contribution is -0.143. The number of urea groups is 1. The summed E-state index contributed by atoms with van der Waals surface area (Å²) in [7, 11) is -3.26. The molecule has 1 unspecified atom stereocenters. The minimum Gasteiger partial charge on any atom is -0.481 e. The van der Waals surface area contributed by atoms with Gasteiger partial charge in [-0.05, 0) is 24.8 Å². The van der Waals surface area contributed by atoms with E-state index in [4.69, 9.17) is 5.11 Å². The fourth-order valence-corrected chi connectivity index (χ4v) is 3.97. The zero-order valence-electron chi connectivity index (χ0n) is 14.1. The number of carbonyl (C=O) groups excluding carboxylic acids is 1. The summed E-state index contributed by atoms with van der Waals surface area (Å²) in [5.41, 5.74) is 0.961. The Morgan fingerprint density at radius 2 is 1.92 bits per heavy atom. The number of benzene rings is 1. The number of aryl methyl sites for hydroxylation is 1. The first-order valence-electron chi connectivity index (χ1n) is 8.37. The van der Waals surface area contributed by atoms with E-state index in [1.54, 1.807) is 0 Å². The van der Waals surface area contributed by atoms with Crippen LogP contribution >= 0.6 is 0 Å². The first-order valence-corrected chi connectivity index (χ1v) is 10.2. The summed E-state index contributed by atoms with van der Waals surface area (Å²) in [6, 6.07) is 8.97. The lowest BCUT2D eigenvalue weighted by atomic mass is 9.99. The van der Waals surface area contributed by atoms with Gasteiger partial charge in [-0.15, -0.1) is 0 Å². The second-order valence-corrected chi connectivity index (χ2v) is 8.55. The smallest absolute Gasteiger partial charge is 0.317 e. The van der Waals surface area contributed by atoms with Crippen molar-refractivity contribution in [3.8, 4) is 0 Å². The molecule has 2 amide bonds. The summed E-state index contributed by atoms with van der Waals surface area (Å²) in [4.78, 5) is 24.5. The lowest BCUT2D eigenvalue weighted by Gasteiger charge is -2.30. The van der Waals surface area contributed by atoms with E-state index >= 15 is 0 Å². The van der Waals surface area contributed by atoms with Gasteiger partial charge in [-0.3, -0.25) is 4.79 Å². The second-order valence-electron chi connectivity index (χ2n) is 6.24. The number of carboxylic acids is 1. The van der Waals surface area contributed by atoms with Gasteiger partial charge in [-0.2, -0.15) is 0 Å². The molecule has 138 valence electrons. The molecule has 2 rings (SSSR count). The number of rotatable bonds is 7. The predicted molar refractivity (Wildman–Crippen MR) is 94.1 cm³/mol. The molecule has 7 nitrogen and oxygen atoms in total. The number of aliphatic carboxylic acids is 1. The Hall–Kier alpha value is -2.09. The Morgan fingerprint density at radius 3 is 2.60 bits per heavy atom. The van der Waals surface area contributed by atoms with Crippen molar-refractivity contribution in [1.29, 1.82) is 0 Å². The molecular weight excluding hydrogens is 344 g/mol. The molecule has 1 aromatic carbocycles. The fourth-order valence-electron chi connectivity index (χ4n) is 2.81. The van der Waals surface area contributed by atoms with Crippen molar-refractivity contribution in [1.82, 2.24) is 10.2 Å². The zero-order chi connectivity index (χ0) is 18.3. The summed E-state index contributed by atoms with van der Waals surface area (Å²) in [6.45, 7) is 0.697. The van der Waals surface area contributed by atoms with Crippen LogP contribution < -0.4 is 5.32 Å². The van der Waals surface area contributed by atoms with E-state index in [2.05, 4.69) is 5.32 Å². The van der Waals surface area contributed by atoms with Gasteiger partial charge >= 0.3 is 12.0 Å². The third-order valence-corrected chi connectivity index (χ3v) is 5.94. The topological polar surface area (TPSA) is 104 Å². The number of carbonyl (C=O) groups is 2. The summed E-state index contributed by atoms with van der Waals surface area (Å²) < 4.78 is 24.1. The van der Waals surface area contributed by atoms with Crippen LogP contribution in [0.3, 0.4) is 0 Å². The van der Waals surface area contributed by atoms with Crippen LogP contribution in [0.2, 0.25) is 0 Å².